The van der Waals surface area contributed by atoms with Gasteiger partial charge < -0.3 is 4.90 Å². The lowest BCUT2D eigenvalue weighted by Gasteiger charge is -2.31. The average Bonchev–Trinajstić information content (AvgIpc) is 3.27. The summed E-state index contributed by atoms with van der Waals surface area (Å²) in [7, 11) is 0. The van der Waals surface area contributed by atoms with E-state index in [4.69, 9.17) is 0 Å². The van der Waals surface area contributed by atoms with Crippen molar-refractivity contribution in [1.82, 2.24) is 0 Å². The average molecular weight is 572 g/mol. The first-order chi connectivity index (χ1) is 21.3. The summed E-state index contributed by atoms with van der Waals surface area (Å²) in [5.41, 5.74) is 15.7. The van der Waals surface area contributed by atoms with Crippen molar-refractivity contribution in [3.63, 3.8) is 0 Å². The fraction of sp³-hybridized carbons (Fsp3) is 0.209. The zero-order valence-electron chi connectivity index (χ0n) is 26.8. The van der Waals surface area contributed by atoms with Crippen LogP contribution in [0.2, 0.25) is 0 Å². The molecule has 1 atom stereocenters. The molecule has 0 saturated carbocycles. The van der Waals surface area contributed by atoms with Crippen molar-refractivity contribution < 1.29 is 0 Å². The number of para-hydroxylation sites is 1. The number of fused-ring (bicyclic) bond motifs is 5. The number of rotatable bonds is 6. The molecule has 0 radical (unpaired) electrons. The second kappa shape index (κ2) is 10.8. The van der Waals surface area contributed by atoms with Crippen LogP contribution in [0, 0.1) is 13.8 Å². The molecule has 0 aliphatic heterocycles. The van der Waals surface area contributed by atoms with E-state index < -0.39 is 0 Å². The summed E-state index contributed by atoms with van der Waals surface area (Å²) >= 11 is 0. The first-order valence-corrected chi connectivity index (χ1v) is 16.0. The van der Waals surface area contributed by atoms with Crippen LogP contribution in [0.25, 0.3) is 33.0 Å². The topological polar surface area (TPSA) is 3.24 Å². The Morgan fingerprint density at radius 1 is 0.614 bits per heavy atom. The van der Waals surface area contributed by atoms with E-state index >= 15 is 0 Å². The fourth-order valence-corrected chi connectivity index (χ4v) is 7.40. The molecule has 0 saturated heterocycles. The molecule has 1 heteroatoms. The van der Waals surface area contributed by atoms with E-state index in [0.29, 0.717) is 5.92 Å². The zero-order chi connectivity index (χ0) is 30.6. The fourth-order valence-electron chi connectivity index (χ4n) is 7.40. The summed E-state index contributed by atoms with van der Waals surface area (Å²) in [6.45, 7) is 13.9. The SMILES string of the molecule is CCC(C)c1ccccc1-c1cccc(N(c2ccccc2)c2cc3c(c4ccccc24)-c2ccc(C)cc2C3(C)C)c1C. The Kier molecular flexibility index (Phi) is 6.93. The van der Waals surface area contributed by atoms with Gasteiger partial charge in [0.25, 0.3) is 0 Å². The van der Waals surface area contributed by atoms with Gasteiger partial charge in [-0.25, -0.2) is 0 Å². The van der Waals surface area contributed by atoms with Crippen molar-refractivity contribution in [3.05, 3.63) is 149 Å². The Hall–Kier alpha value is -4.62. The van der Waals surface area contributed by atoms with E-state index in [1.807, 2.05) is 0 Å². The number of benzene rings is 6. The monoisotopic (exact) mass is 571 g/mol. The maximum atomic E-state index is 2.50. The van der Waals surface area contributed by atoms with Crippen molar-refractivity contribution in [2.75, 3.05) is 4.90 Å². The molecule has 1 unspecified atom stereocenters. The highest BCUT2D eigenvalue weighted by molar-refractivity contribution is 6.10. The zero-order valence-corrected chi connectivity index (χ0v) is 26.8. The normalized spacial score (nSPS) is 13.9. The van der Waals surface area contributed by atoms with E-state index in [1.165, 1.54) is 72.2 Å². The van der Waals surface area contributed by atoms with Crippen LogP contribution in [0.15, 0.2) is 121 Å². The Bertz CT molecular complexity index is 2010. The van der Waals surface area contributed by atoms with E-state index in [-0.39, 0.29) is 5.41 Å². The molecule has 218 valence electrons. The highest BCUT2D eigenvalue weighted by Gasteiger charge is 2.38. The Morgan fingerprint density at radius 2 is 1.30 bits per heavy atom. The summed E-state index contributed by atoms with van der Waals surface area (Å²) in [6.07, 6.45) is 1.12. The highest BCUT2D eigenvalue weighted by Crippen LogP contribution is 2.55. The van der Waals surface area contributed by atoms with Gasteiger partial charge in [-0.05, 0) is 100 Å². The maximum absolute atomic E-state index is 2.50. The van der Waals surface area contributed by atoms with Gasteiger partial charge in [-0.1, -0.05) is 130 Å². The van der Waals surface area contributed by atoms with E-state index in [2.05, 4.69) is 168 Å². The summed E-state index contributed by atoms with van der Waals surface area (Å²) in [5.74, 6) is 0.493. The molecular weight excluding hydrogens is 530 g/mol. The molecule has 0 amide bonds. The lowest BCUT2D eigenvalue weighted by atomic mass is 9.81. The van der Waals surface area contributed by atoms with Crippen LogP contribution in [0.5, 0.6) is 0 Å². The van der Waals surface area contributed by atoms with Crippen molar-refractivity contribution in [3.8, 4) is 22.3 Å². The van der Waals surface area contributed by atoms with Crippen molar-refractivity contribution >= 4 is 27.8 Å². The van der Waals surface area contributed by atoms with E-state index in [1.54, 1.807) is 0 Å². The van der Waals surface area contributed by atoms with Gasteiger partial charge in [0.15, 0.2) is 0 Å². The lowest BCUT2D eigenvalue weighted by Crippen LogP contribution is -2.17. The molecule has 0 aromatic heterocycles. The number of aryl methyl sites for hydroxylation is 1. The molecule has 6 aromatic rings. The summed E-state index contributed by atoms with van der Waals surface area (Å²) < 4.78 is 0. The minimum Gasteiger partial charge on any atom is -0.310 e. The van der Waals surface area contributed by atoms with Crippen LogP contribution in [0.3, 0.4) is 0 Å². The highest BCUT2D eigenvalue weighted by atomic mass is 15.1. The van der Waals surface area contributed by atoms with Crippen LogP contribution in [-0.2, 0) is 5.41 Å². The minimum atomic E-state index is -0.107. The van der Waals surface area contributed by atoms with Gasteiger partial charge in [0, 0.05) is 22.2 Å². The predicted octanol–water partition coefficient (Wildman–Crippen LogP) is 12.4. The number of hydrogen-bond acceptors (Lipinski definition) is 1. The standard InChI is InChI=1S/C43H41N/c1-7-29(3)32-18-11-12-19-34(32)33-22-15-23-40(30(33)4)44(31-16-9-8-10-17-31)41-27-39-42(36-21-14-13-20-35(36)41)37-25-24-28(2)26-38(37)43(39,5)6/h8-27,29H,7H2,1-6H3. The van der Waals surface area contributed by atoms with Crippen LogP contribution in [-0.4, -0.2) is 0 Å². The van der Waals surface area contributed by atoms with Crippen LogP contribution in [0.1, 0.15) is 67.9 Å². The summed E-state index contributed by atoms with van der Waals surface area (Å²) in [5, 5.41) is 2.58. The maximum Gasteiger partial charge on any atom is 0.0543 e. The second-order valence-electron chi connectivity index (χ2n) is 13.1. The third-order valence-corrected chi connectivity index (χ3v) is 10.0. The Labute approximate surface area is 262 Å². The largest absolute Gasteiger partial charge is 0.310 e. The molecule has 1 nitrogen and oxygen atoms in total. The summed E-state index contributed by atoms with van der Waals surface area (Å²) in [6, 6.07) is 45.1. The Morgan fingerprint density at radius 3 is 2.07 bits per heavy atom. The van der Waals surface area contributed by atoms with Crippen LogP contribution >= 0.6 is 0 Å². The van der Waals surface area contributed by atoms with Gasteiger partial charge in [-0.3, -0.25) is 0 Å². The molecule has 1 aliphatic rings. The molecule has 7 rings (SSSR count). The molecular formula is C43H41N. The van der Waals surface area contributed by atoms with Gasteiger partial charge in [0.2, 0.25) is 0 Å². The quantitative estimate of drug-likeness (QED) is 0.192. The molecule has 44 heavy (non-hydrogen) atoms. The third-order valence-electron chi connectivity index (χ3n) is 10.0. The van der Waals surface area contributed by atoms with Crippen molar-refractivity contribution in [2.45, 2.75) is 59.3 Å². The summed E-state index contributed by atoms with van der Waals surface area (Å²) in [4.78, 5) is 2.50. The van der Waals surface area contributed by atoms with Gasteiger partial charge in [-0.2, -0.15) is 0 Å². The Balaban J connectivity index is 1.52. The van der Waals surface area contributed by atoms with E-state index in [9.17, 15) is 0 Å². The van der Waals surface area contributed by atoms with Gasteiger partial charge >= 0.3 is 0 Å². The molecule has 1 aliphatic carbocycles. The number of anilines is 3. The van der Waals surface area contributed by atoms with Crippen molar-refractivity contribution in [1.29, 1.82) is 0 Å². The first-order valence-electron chi connectivity index (χ1n) is 16.0. The van der Waals surface area contributed by atoms with Gasteiger partial charge in [0.1, 0.15) is 0 Å². The van der Waals surface area contributed by atoms with Crippen LogP contribution in [0.4, 0.5) is 17.1 Å². The molecule has 0 spiro atoms. The van der Waals surface area contributed by atoms with Gasteiger partial charge in [-0.15, -0.1) is 0 Å². The first kappa shape index (κ1) is 28.2. The molecule has 6 aromatic carbocycles. The van der Waals surface area contributed by atoms with Gasteiger partial charge in [0.05, 0.1) is 5.69 Å². The third kappa shape index (κ3) is 4.37. The second-order valence-corrected chi connectivity index (χ2v) is 13.1. The molecule has 0 fully saturated rings. The molecule has 0 bridgehead atoms. The molecule has 0 heterocycles. The molecule has 0 N–H and O–H groups in total. The van der Waals surface area contributed by atoms with E-state index in [0.717, 1.165) is 12.1 Å². The van der Waals surface area contributed by atoms with Crippen LogP contribution < -0.4 is 4.90 Å². The smallest absolute Gasteiger partial charge is 0.0543 e. The predicted molar refractivity (Wildman–Crippen MR) is 190 cm³/mol. The minimum absolute atomic E-state index is 0.107. The number of nitrogens with zero attached hydrogens (tertiary/aromatic N) is 1. The number of hydrogen-bond donors (Lipinski definition) is 0. The van der Waals surface area contributed by atoms with Crippen molar-refractivity contribution in [2.24, 2.45) is 0 Å². The lowest BCUT2D eigenvalue weighted by molar-refractivity contribution is 0.660.